The summed E-state index contributed by atoms with van der Waals surface area (Å²) in [6, 6.07) is 34.2. The molecule has 8 nitrogen and oxygen atoms in total. The van der Waals surface area contributed by atoms with Crippen LogP contribution in [0.25, 0.3) is 10.9 Å². The largest absolute Gasteiger partial charge is 0.453 e. The number of nitrogens with one attached hydrogen (secondary N) is 4. The zero-order valence-corrected chi connectivity index (χ0v) is 26.3. The molecular weight excluding hydrogens is 600 g/mol. The van der Waals surface area contributed by atoms with Crippen molar-refractivity contribution in [2.24, 2.45) is 0 Å². The van der Waals surface area contributed by atoms with Gasteiger partial charge in [-0.2, -0.15) is 0 Å². The van der Waals surface area contributed by atoms with E-state index in [1.165, 1.54) is 7.11 Å². The number of aromatic nitrogens is 1. The van der Waals surface area contributed by atoms with Gasteiger partial charge >= 0.3 is 6.09 Å². The number of carbonyl (C=O) groups is 2. The minimum atomic E-state index is -0.936. The molecule has 6 rings (SSSR count). The van der Waals surface area contributed by atoms with Crippen LogP contribution in [0.15, 0.2) is 109 Å². The van der Waals surface area contributed by atoms with Crippen LogP contribution in [-0.4, -0.2) is 49.4 Å². The molecule has 0 aliphatic carbocycles. The van der Waals surface area contributed by atoms with Gasteiger partial charge < -0.3 is 30.4 Å². The molecule has 46 heavy (non-hydrogen) atoms. The van der Waals surface area contributed by atoms with Crippen molar-refractivity contribution < 1.29 is 19.1 Å². The molecule has 1 aromatic heterocycles. The number of H-pyrrole nitrogens is 1. The lowest BCUT2D eigenvalue weighted by atomic mass is 9.84. The van der Waals surface area contributed by atoms with Crippen molar-refractivity contribution >= 4 is 40.2 Å². The molecule has 2 heterocycles. The summed E-state index contributed by atoms with van der Waals surface area (Å²) in [4.78, 5) is 30.0. The lowest BCUT2D eigenvalue weighted by Gasteiger charge is -2.30. The van der Waals surface area contributed by atoms with Crippen LogP contribution in [0.5, 0.6) is 0 Å². The van der Waals surface area contributed by atoms with Gasteiger partial charge in [-0.15, -0.1) is 0 Å². The van der Waals surface area contributed by atoms with Crippen LogP contribution in [-0.2, 0) is 20.7 Å². The number of anilines is 1. The van der Waals surface area contributed by atoms with Gasteiger partial charge in [-0.3, -0.25) is 4.79 Å². The number of fused-ring (bicyclic) bond motifs is 1. The number of hydrogen-bond acceptors (Lipinski definition) is 5. The smallest absolute Gasteiger partial charge is 0.407 e. The molecule has 9 heteroatoms. The number of aryl methyl sites for hydroxylation is 1. The number of aromatic amines is 1. The van der Waals surface area contributed by atoms with E-state index in [1.54, 1.807) is 0 Å². The fraction of sp³-hybridized carbons (Fsp3) is 0.243. The Morgan fingerprint density at radius 2 is 1.63 bits per heavy atom. The van der Waals surface area contributed by atoms with Crippen molar-refractivity contribution in [1.82, 2.24) is 15.6 Å². The van der Waals surface area contributed by atoms with E-state index in [2.05, 4.69) is 27.0 Å². The topological polar surface area (TPSA) is 104 Å². The zero-order valence-electron chi connectivity index (χ0n) is 25.5. The van der Waals surface area contributed by atoms with E-state index in [-0.39, 0.29) is 18.1 Å². The summed E-state index contributed by atoms with van der Waals surface area (Å²) in [6.07, 6.45) is 0.818. The van der Waals surface area contributed by atoms with Gasteiger partial charge in [0.05, 0.1) is 25.9 Å². The van der Waals surface area contributed by atoms with Crippen LogP contribution >= 0.6 is 11.6 Å². The summed E-state index contributed by atoms with van der Waals surface area (Å²) in [5.41, 5.74) is 5.60. The normalized spacial score (nSPS) is 17.0. The number of carbonyl (C=O) groups excluding carboxylic acids is 2. The maximum absolute atomic E-state index is 14.0. The third kappa shape index (κ3) is 7.42. The molecule has 4 aromatic carbocycles. The molecule has 0 saturated carbocycles. The minimum absolute atomic E-state index is 0.0214. The third-order valence-electron chi connectivity index (χ3n) is 8.47. The number of hydrogen-bond donors (Lipinski definition) is 4. The Hall–Kier alpha value is -4.63. The van der Waals surface area contributed by atoms with Crippen molar-refractivity contribution in [3.05, 3.63) is 137 Å². The molecule has 5 aromatic rings. The van der Waals surface area contributed by atoms with E-state index in [0.29, 0.717) is 30.3 Å². The Kier molecular flexibility index (Phi) is 9.98. The van der Waals surface area contributed by atoms with Gasteiger partial charge in [0.1, 0.15) is 6.04 Å². The first-order valence-electron chi connectivity index (χ1n) is 15.4. The Morgan fingerprint density at radius 1 is 0.935 bits per heavy atom. The van der Waals surface area contributed by atoms with Crippen molar-refractivity contribution in [3.8, 4) is 0 Å². The molecule has 1 unspecified atom stereocenters. The lowest BCUT2D eigenvalue weighted by Crippen LogP contribution is -2.48. The van der Waals surface area contributed by atoms with E-state index in [1.807, 2.05) is 103 Å². The molecule has 2 amide bonds. The van der Waals surface area contributed by atoms with Crippen molar-refractivity contribution in [1.29, 1.82) is 0 Å². The molecule has 3 atom stereocenters. The first-order chi connectivity index (χ1) is 22.5. The Balaban J connectivity index is 1.14. The van der Waals surface area contributed by atoms with Crippen LogP contribution in [0, 0.1) is 0 Å². The highest BCUT2D eigenvalue weighted by Crippen LogP contribution is 2.30. The number of para-hydroxylation sites is 1. The van der Waals surface area contributed by atoms with Gasteiger partial charge in [-0.25, -0.2) is 4.79 Å². The average molecular weight is 637 g/mol. The Labute approximate surface area is 273 Å². The standard InChI is InChI=1S/C37H37ClN4O4/c1-45-37(44)42-35(34(25-11-4-2-5-12-25)26-13-6-3-7-14-26)36(43)41-30-15-9-8-10-24(30)16-18-29-22-39-33(23-46-29)32-21-27-20-28(38)17-19-31(27)40-32/h2-15,17,19-21,29,33-35,39-40H,16,18,22-23H2,1H3,(H,41,43)(H,42,44)/t29-,33+,35?/m1/s1. The van der Waals surface area contributed by atoms with E-state index in [4.69, 9.17) is 21.1 Å². The predicted molar refractivity (Wildman–Crippen MR) is 181 cm³/mol. The Morgan fingerprint density at radius 3 is 2.30 bits per heavy atom. The van der Waals surface area contributed by atoms with Crippen LogP contribution in [0.1, 0.15) is 40.8 Å². The summed E-state index contributed by atoms with van der Waals surface area (Å²) >= 11 is 6.16. The second-order valence-corrected chi connectivity index (χ2v) is 11.9. The van der Waals surface area contributed by atoms with Crippen molar-refractivity contribution in [2.75, 3.05) is 25.6 Å². The van der Waals surface area contributed by atoms with Gasteiger partial charge in [0.25, 0.3) is 0 Å². The number of amides is 2. The van der Waals surface area contributed by atoms with Gasteiger partial charge in [-0.1, -0.05) is 90.5 Å². The number of benzene rings is 4. The number of ether oxygens (including phenoxy) is 2. The molecule has 1 aliphatic heterocycles. The highest BCUT2D eigenvalue weighted by atomic mass is 35.5. The number of rotatable bonds is 10. The van der Waals surface area contributed by atoms with Crippen molar-refractivity contribution in [3.63, 3.8) is 0 Å². The zero-order chi connectivity index (χ0) is 31.9. The number of methoxy groups -OCH3 is 1. The summed E-state index contributed by atoms with van der Waals surface area (Å²) in [6.45, 7) is 1.25. The van der Waals surface area contributed by atoms with Gasteiger partial charge in [0.2, 0.25) is 5.91 Å². The average Bonchev–Trinajstić information content (AvgIpc) is 3.52. The predicted octanol–water partition coefficient (Wildman–Crippen LogP) is 6.98. The van der Waals surface area contributed by atoms with Crippen molar-refractivity contribution in [2.45, 2.75) is 36.9 Å². The first-order valence-corrected chi connectivity index (χ1v) is 15.8. The fourth-order valence-corrected chi connectivity index (χ4v) is 6.27. The summed E-state index contributed by atoms with van der Waals surface area (Å²) in [5.74, 6) is -0.786. The molecule has 1 aliphatic rings. The third-order valence-corrected chi connectivity index (χ3v) is 8.71. The van der Waals surface area contributed by atoms with E-state index in [0.717, 1.165) is 39.7 Å². The highest BCUT2D eigenvalue weighted by Gasteiger charge is 2.33. The van der Waals surface area contributed by atoms with Crippen LogP contribution in [0.4, 0.5) is 10.5 Å². The first kappa shape index (κ1) is 31.4. The van der Waals surface area contributed by atoms with Gasteiger partial charge in [0.15, 0.2) is 0 Å². The lowest BCUT2D eigenvalue weighted by molar-refractivity contribution is -0.118. The molecule has 1 saturated heterocycles. The SMILES string of the molecule is COC(=O)NC(C(=O)Nc1ccccc1CC[C@@H]1CN[C@H](c2cc3cc(Cl)ccc3[nH]2)CO1)C(c1ccccc1)c1ccccc1. The number of halogens is 1. The maximum Gasteiger partial charge on any atom is 0.407 e. The summed E-state index contributed by atoms with van der Waals surface area (Å²) < 4.78 is 11.2. The van der Waals surface area contributed by atoms with E-state index >= 15 is 0 Å². The summed E-state index contributed by atoms with van der Waals surface area (Å²) in [5, 5.41) is 11.3. The maximum atomic E-state index is 14.0. The second-order valence-electron chi connectivity index (χ2n) is 11.5. The van der Waals surface area contributed by atoms with Gasteiger partial charge in [0, 0.05) is 39.8 Å². The molecule has 4 N–H and O–H groups in total. The van der Waals surface area contributed by atoms with E-state index < -0.39 is 18.1 Å². The van der Waals surface area contributed by atoms with E-state index in [9.17, 15) is 9.59 Å². The monoisotopic (exact) mass is 636 g/mol. The molecular formula is C37H37ClN4O4. The minimum Gasteiger partial charge on any atom is -0.453 e. The number of alkyl carbamates (subject to hydrolysis) is 1. The molecule has 236 valence electrons. The second kappa shape index (κ2) is 14.6. The highest BCUT2D eigenvalue weighted by molar-refractivity contribution is 6.31. The Bertz CT molecular complexity index is 1730. The summed E-state index contributed by atoms with van der Waals surface area (Å²) in [7, 11) is 1.29. The molecule has 0 bridgehead atoms. The molecule has 0 radical (unpaired) electrons. The van der Waals surface area contributed by atoms with Crippen LogP contribution in [0.2, 0.25) is 5.02 Å². The molecule has 1 fully saturated rings. The van der Waals surface area contributed by atoms with Crippen LogP contribution in [0.3, 0.4) is 0 Å². The fourth-order valence-electron chi connectivity index (χ4n) is 6.09. The number of morpholine rings is 1. The molecule has 0 spiro atoms. The van der Waals surface area contributed by atoms with Gasteiger partial charge in [-0.05, 0) is 59.9 Å². The quantitative estimate of drug-likeness (QED) is 0.132. The van der Waals surface area contributed by atoms with Crippen LogP contribution < -0.4 is 16.0 Å².